The third kappa shape index (κ3) is 1.91. The number of hydrogen-bond donors (Lipinski definition) is 1. The highest BCUT2D eigenvalue weighted by Gasteiger charge is 2.02. The number of rotatable bonds is 2. The van der Waals surface area contributed by atoms with Crippen molar-refractivity contribution in [3.63, 3.8) is 0 Å². The number of hydrogen-bond acceptors (Lipinski definition) is 3. The summed E-state index contributed by atoms with van der Waals surface area (Å²) >= 11 is 0. The molecule has 1 N–H and O–H groups in total. The van der Waals surface area contributed by atoms with E-state index in [1.165, 1.54) is 10.8 Å². The molecule has 0 aliphatic rings. The van der Waals surface area contributed by atoms with Crippen LogP contribution in [0.15, 0.2) is 54.7 Å². The summed E-state index contributed by atoms with van der Waals surface area (Å²) in [5.41, 5.74) is 2.03. The van der Waals surface area contributed by atoms with Gasteiger partial charge in [0, 0.05) is 18.8 Å². The fourth-order valence-corrected chi connectivity index (χ4v) is 1.99. The first-order valence-corrected chi connectivity index (χ1v) is 5.87. The molecule has 0 aliphatic carbocycles. The summed E-state index contributed by atoms with van der Waals surface area (Å²) in [6.07, 6.45) is 1.77. The minimum Gasteiger partial charge on any atom is -0.357 e. The highest BCUT2D eigenvalue weighted by atomic mass is 15.1. The third-order valence-corrected chi connectivity index (χ3v) is 2.92. The molecular formula is C15H13N3. The predicted molar refractivity (Wildman–Crippen MR) is 74.5 cm³/mol. The average molecular weight is 235 g/mol. The van der Waals surface area contributed by atoms with Gasteiger partial charge in [-0.3, -0.25) is 0 Å². The normalized spacial score (nSPS) is 10.5. The van der Waals surface area contributed by atoms with Crippen molar-refractivity contribution in [3.8, 4) is 11.3 Å². The molecule has 3 rings (SSSR count). The Morgan fingerprint density at radius 1 is 0.944 bits per heavy atom. The van der Waals surface area contributed by atoms with E-state index in [-0.39, 0.29) is 0 Å². The molecule has 0 aliphatic heterocycles. The number of anilines is 1. The van der Waals surface area contributed by atoms with Crippen LogP contribution in [0, 0.1) is 0 Å². The number of benzene rings is 2. The second-order valence-electron chi connectivity index (χ2n) is 4.08. The third-order valence-electron chi connectivity index (χ3n) is 2.92. The van der Waals surface area contributed by atoms with Gasteiger partial charge in [-0.25, -0.2) is 9.97 Å². The van der Waals surface area contributed by atoms with Gasteiger partial charge in [0.25, 0.3) is 0 Å². The summed E-state index contributed by atoms with van der Waals surface area (Å²) in [5, 5.41) is 5.41. The number of nitrogens with zero attached hydrogens (tertiary/aromatic N) is 2. The molecule has 88 valence electrons. The molecule has 1 heterocycles. The van der Waals surface area contributed by atoms with Crippen molar-refractivity contribution in [2.75, 3.05) is 12.4 Å². The molecule has 0 bridgehead atoms. The molecule has 3 nitrogen and oxygen atoms in total. The Bertz CT molecular complexity index is 692. The molecule has 2 aromatic carbocycles. The zero-order chi connectivity index (χ0) is 12.4. The number of fused-ring (bicyclic) bond motifs is 1. The van der Waals surface area contributed by atoms with E-state index in [0.29, 0.717) is 5.95 Å². The van der Waals surface area contributed by atoms with Crippen LogP contribution in [0.2, 0.25) is 0 Å². The average Bonchev–Trinajstić information content (AvgIpc) is 2.47. The first-order valence-electron chi connectivity index (χ1n) is 5.87. The van der Waals surface area contributed by atoms with E-state index in [1.807, 2.05) is 25.2 Å². The van der Waals surface area contributed by atoms with Crippen molar-refractivity contribution < 1.29 is 0 Å². The summed E-state index contributed by atoms with van der Waals surface area (Å²) in [6.45, 7) is 0. The SMILES string of the molecule is CNc1nccc(-c2ccc3ccccc3c2)n1. The van der Waals surface area contributed by atoms with Crippen LogP contribution in [0.1, 0.15) is 0 Å². The maximum Gasteiger partial charge on any atom is 0.222 e. The lowest BCUT2D eigenvalue weighted by atomic mass is 10.1. The lowest BCUT2D eigenvalue weighted by Crippen LogP contribution is -1.96. The van der Waals surface area contributed by atoms with Crippen LogP contribution in [0.4, 0.5) is 5.95 Å². The van der Waals surface area contributed by atoms with Gasteiger partial charge in [0.2, 0.25) is 5.95 Å². The van der Waals surface area contributed by atoms with Crippen molar-refractivity contribution >= 4 is 16.7 Å². The van der Waals surface area contributed by atoms with Crippen molar-refractivity contribution in [1.82, 2.24) is 9.97 Å². The van der Waals surface area contributed by atoms with Crippen molar-refractivity contribution in [2.24, 2.45) is 0 Å². The van der Waals surface area contributed by atoms with E-state index in [2.05, 4.69) is 45.6 Å². The Morgan fingerprint density at radius 3 is 2.61 bits per heavy atom. The standard InChI is InChI=1S/C15H13N3/c1-16-15-17-9-8-14(18-15)13-7-6-11-4-2-3-5-12(11)10-13/h2-10H,1H3,(H,16,17,18). The highest BCUT2D eigenvalue weighted by molar-refractivity contribution is 5.86. The van der Waals surface area contributed by atoms with E-state index in [9.17, 15) is 0 Å². The van der Waals surface area contributed by atoms with Gasteiger partial charge in [-0.15, -0.1) is 0 Å². The molecular weight excluding hydrogens is 222 g/mol. The smallest absolute Gasteiger partial charge is 0.222 e. The fourth-order valence-electron chi connectivity index (χ4n) is 1.99. The zero-order valence-electron chi connectivity index (χ0n) is 10.1. The Balaban J connectivity index is 2.13. The van der Waals surface area contributed by atoms with Gasteiger partial charge >= 0.3 is 0 Å². The Morgan fingerprint density at radius 2 is 1.78 bits per heavy atom. The van der Waals surface area contributed by atoms with Crippen LogP contribution in [0.3, 0.4) is 0 Å². The second-order valence-corrected chi connectivity index (χ2v) is 4.08. The minimum atomic E-state index is 0.639. The van der Waals surface area contributed by atoms with Gasteiger partial charge in [0.15, 0.2) is 0 Å². The second kappa shape index (κ2) is 4.45. The molecule has 0 saturated carbocycles. The topological polar surface area (TPSA) is 37.8 Å². The summed E-state index contributed by atoms with van der Waals surface area (Å²) in [5.74, 6) is 0.639. The van der Waals surface area contributed by atoms with Crippen LogP contribution < -0.4 is 5.32 Å². The largest absolute Gasteiger partial charge is 0.357 e. The Hall–Kier alpha value is -2.42. The summed E-state index contributed by atoms with van der Waals surface area (Å²) in [7, 11) is 1.82. The van der Waals surface area contributed by atoms with Crippen LogP contribution in [0.5, 0.6) is 0 Å². The van der Waals surface area contributed by atoms with Gasteiger partial charge < -0.3 is 5.32 Å². The molecule has 3 aromatic rings. The number of aromatic nitrogens is 2. The highest BCUT2D eigenvalue weighted by Crippen LogP contribution is 2.23. The van der Waals surface area contributed by atoms with E-state index in [0.717, 1.165) is 11.3 Å². The summed E-state index contributed by atoms with van der Waals surface area (Å²) in [4.78, 5) is 8.57. The first kappa shape index (κ1) is 10.7. The maximum absolute atomic E-state index is 4.45. The van der Waals surface area contributed by atoms with E-state index in [1.54, 1.807) is 6.20 Å². The monoisotopic (exact) mass is 235 g/mol. The van der Waals surface area contributed by atoms with E-state index < -0.39 is 0 Å². The van der Waals surface area contributed by atoms with Gasteiger partial charge in [0.1, 0.15) is 0 Å². The van der Waals surface area contributed by atoms with Crippen LogP contribution in [-0.4, -0.2) is 17.0 Å². The fraction of sp³-hybridized carbons (Fsp3) is 0.0667. The van der Waals surface area contributed by atoms with Crippen molar-refractivity contribution in [3.05, 3.63) is 54.7 Å². The Labute approximate surface area is 106 Å². The molecule has 0 spiro atoms. The molecule has 0 saturated heterocycles. The van der Waals surface area contributed by atoms with Crippen molar-refractivity contribution in [1.29, 1.82) is 0 Å². The van der Waals surface area contributed by atoms with Crippen molar-refractivity contribution in [2.45, 2.75) is 0 Å². The van der Waals surface area contributed by atoms with Gasteiger partial charge in [-0.05, 0) is 22.9 Å². The minimum absolute atomic E-state index is 0.639. The molecule has 0 radical (unpaired) electrons. The zero-order valence-corrected chi connectivity index (χ0v) is 10.1. The molecule has 0 amide bonds. The summed E-state index contributed by atoms with van der Waals surface area (Å²) in [6, 6.07) is 16.6. The molecule has 0 fully saturated rings. The molecule has 0 unspecified atom stereocenters. The predicted octanol–water partition coefficient (Wildman–Crippen LogP) is 3.34. The molecule has 1 aromatic heterocycles. The van der Waals surface area contributed by atoms with Crippen LogP contribution in [-0.2, 0) is 0 Å². The van der Waals surface area contributed by atoms with Gasteiger partial charge in [-0.2, -0.15) is 0 Å². The maximum atomic E-state index is 4.45. The van der Waals surface area contributed by atoms with Gasteiger partial charge in [-0.1, -0.05) is 36.4 Å². The lowest BCUT2D eigenvalue weighted by molar-refractivity contribution is 1.15. The van der Waals surface area contributed by atoms with Crippen LogP contribution >= 0.6 is 0 Å². The van der Waals surface area contributed by atoms with Gasteiger partial charge in [0.05, 0.1) is 5.69 Å². The Kier molecular flexibility index (Phi) is 2.65. The number of nitrogens with one attached hydrogen (secondary N) is 1. The van der Waals surface area contributed by atoms with Crippen LogP contribution in [0.25, 0.3) is 22.0 Å². The molecule has 18 heavy (non-hydrogen) atoms. The molecule has 3 heteroatoms. The van der Waals surface area contributed by atoms with E-state index >= 15 is 0 Å². The first-order chi connectivity index (χ1) is 8.86. The lowest BCUT2D eigenvalue weighted by Gasteiger charge is -2.05. The summed E-state index contributed by atoms with van der Waals surface area (Å²) < 4.78 is 0. The quantitative estimate of drug-likeness (QED) is 0.740. The molecule has 0 atom stereocenters. The van der Waals surface area contributed by atoms with E-state index in [4.69, 9.17) is 0 Å².